The molecule has 0 bridgehead atoms. The molecule has 0 aromatic heterocycles. The summed E-state index contributed by atoms with van der Waals surface area (Å²) < 4.78 is 36.1. The van der Waals surface area contributed by atoms with Crippen molar-refractivity contribution >= 4 is 15.9 Å². The first kappa shape index (κ1) is 19.4. The summed E-state index contributed by atoms with van der Waals surface area (Å²) in [6.45, 7) is 3.64. The summed E-state index contributed by atoms with van der Waals surface area (Å²) in [6.07, 6.45) is 0. The molecule has 0 saturated carbocycles. The van der Waals surface area contributed by atoms with E-state index in [2.05, 4.69) is 5.32 Å². The minimum absolute atomic E-state index is 0.121. The molecule has 0 heterocycles. The molecule has 1 N–H and O–H groups in total. The summed E-state index contributed by atoms with van der Waals surface area (Å²) in [7, 11) is 0.682. The molecule has 0 saturated heterocycles. The van der Waals surface area contributed by atoms with Gasteiger partial charge in [-0.15, -0.1) is 0 Å². The van der Waals surface area contributed by atoms with Crippen LogP contribution in [0.4, 0.5) is 0 Å². The van der Waals surface area contributed by atoms with Gasteiger partial charge in [0.25, 0.3) is 0 Å². The zero-order chi connectivity index (χ0) is 17.6. The van der Waals surface area contributed by atoms with Gasteiger partial charge in [-0.2, -0.15) is 4.31 Å². The Kier molecular flexibility index (Phi) is 6.99. The Hall–Kier alpha value is -1.64. The molecule has 0 radical (unpaired) electrons. The molecule has 7 nitrogen and oxygen atoms in total. The largest absolute Gasteiger partial charge is 0.496 e. The van der Waals surface area contributed by atoms with Gasteiger partial charge in [-0.1, -0.05) is 0 Å². The molecule has 0 fully saturated rings. The van der Waals surface area contributed by atoms with Crippen LogP contribution in [-0.4, -0.2) is 59.1 Å². The minimum Gasteiger partial charge on any atom is -0.496 e. The van der Waals surface area contributed by atoms with Crippen molar-refractivity contribution in [2.75, 3.05) is 34.4 Å². The number of aryl methyl sites for hydroxylation is 1. The third kappa shape index (κ3) is 5.19. The van der Waals surface area contributed by atoms with Crippen molar-refractivity contribution in [1.29, 1.82) is 0 Å². The number of nitrogens with one attached hydrogen (secondary N) is 1. The molecule has 0 aliphatic rings. The summed E-state index contributed by atoms with van der Waals surface area (Å²) in [5, 5.41) is 2.67. The molecule has 0 spiro atoms. The second-order valence-corrected chi connectivity index (χ2v) is 7.36. The van der Waals surface area contributed by atoms with Crippen molar-refractivity contribution in [3.63, 3.8) is 0 Å². The van der Waals surface area contributed by atoms with Crippen LogP contribution in [0.2, 0.25) is 0 Å². The van der Waals surface area contributed by atoms with E-state index < -0.39 is 10.0 Å². The maximum atomic E-state index is 12.5. The van der Waals surface area contributed by atoms with Gasteiger partial charge in [-0.25, -0.2) is 8.42 Å². The molecule has 130 valence electrons. The molecule has 1 amide bonds. The number of rotatable bonds is 8. The van der Waals surface area contributed by atoms with E-state index in [-0.39, 0.29) is 23.4 Å². The van der Waals surface area contributed by atoms with Crippen LogP contribution in [0.1, 0.15) is 12.5 Å². The summed E-state index contributed by atoms with van der Waals surface area (Å²) in [6, 6.07) is 4.39. The fourth-order valence-corrected chi connectivity index (χ4v) is 3.30. The third-order valence-electron chi connectivity index (χ3n) is 3.26. The number of likely N-dealkylation sites (N-methyl/N-ethyl adjacent to an activating group) is 1. The third-order valence-corrected chi connectivity index (χ3v) is 5.06. The summed E-state index contributed by atoms with van der Waals surface area (Å²) in [5.74, 6) is 0.226. The molecule has 23 heavy (non-hydrogen) atoms. The Bertz CT molecular complexity index is 645. The van der Waals surface area contributed by atoms with E-state index in [0.717, 1.165) is 4.31 Å². The lowest BCUT2D eigenvalue weighted by molar-refractivity contribution is -0.122. The van der Waals surface area contributed by atoms with Gasteiger partial charge in [0.1, 0.15) is 5.75 Å². The van der Waals surface area contributed by atoms with E-state index in [1.807, 2.05) is 0 Å². The highest BCUT2D eigenvalue weighted by Crippen LogP contribution is 2.23. The molecule has 1 atom stereocenters. The highest BCUT2D eigenvalue weighted by Gasteiger charge is 2.24. The summed E-state index contributed by atoms with van der Waals surface area (Å²) in [4.78, 5) is 12.0. The molecule has 8 heteroatoms. The molecule has 1 rings (SSSR count). The zero-order valence-corrected chi connectivity index (χ0v) is 14.9. The summed E-state index contributed by atoms with van der Waals surface area (Å²) >= 11 is 0. The SMILES string of the molecule is COC[C@H](C)NC(=O)CN(C)S(=O)(=O)c1ccc(OC)c(C)c1. The van der Waals surface area contributed by atoms with Gasteiger partial charge >= 0.3 is 0 Å². The minimum atomic E-state index is -3.74. The van der Waals surface area contributed by atoms with Crippen molar-refractivity contribution in [1.82, 2.24) is 9.62 Å². The highest BCUT2D eigenvalue weighted by atomic mass is 32.2. The van der Waals surface area contributed by atoms with Gasteiger partial charge in [0.05, 0.1) is 25.2 Å². The average molecular weight is 344 g/mol. The Balaban J connectivity index is 2.83. The van der Waals surface area contributed by atoms with Crippen molar-refractivity contribution in [2.24, 2.45) is 0 Å². The highest BCUT2D eigenvalue weighted by molar-refractivity contribution is 7.89. The van der Waals surface area contributed by atoms with E-state index >= 15 is 0 Å². The van der Waals surface area contributed by atoms with Crippen LogP contribution in [-0.2, 0) is 19.6 Å². The maximum Gasteiger partial charge on any atom is 0.243 e. The standard InChI is InChI=1S/C15H24N2O5S/c1-11-8-13(6-7-14(11)22-5)23(19,20)17(3)9-15(18)16-12(2)10-21-4/h6-8,12H,9-10H2,1-5H3,(H,16,18)/t12-/m0/s1. The predicted octanol–water partition coefficient (Wildman–Crippen LogP) is 0.775. The molecule has 1 aromatic carbocycles. The fraction of sp³-hybridized carbons (Fsp3) is 0.533. The first-order chi connectivity index (χ1) is 10.7. The number of sulfonamides is 1. The van der Waals surface area contributed by atoms with Crippen molar-refractivity contribution in [3.8, 4) is 5.75 Å². The molecule has 0 unspecified atom stereocenters. The topological polar surface area (TPSA) is 84.9 Å². The van der Waals surface area contributed by atoms with Gasteiger partial charge in [0, 0.05) is 20.2 Å². The number of ether oxygens (including phenoxy) is 2. The van der Waals surface area contributed by atoms with Gasteiger partial charge in [-0.3, -0.25) is 4.79 Å². The Morgan fingerprint density at radius 3 is 2.52 bits per heavy atom. The van der Waals surface area contributed by atoms with Crippen molar-refractivity contribution in [2.45, 2.75) is 24.8 Å². The lowest BCUT2D eigenvalue weighted by Crippen LogP contribution is -2.43. The normalized spacial score (nSPS) is 13.0. The number of hydrogen-bond acceptors (Lipinski definition) is 5. The predicted molar refractivity (Wildman–Crippen MR) is 87.0 cm³/mol. The number of benzene rings is 1. The van der Waals surface area contributed by atoms with Gasteiger partial charge in [0.2, 0.25) is 15.9 Å². The Morgan fingerprint density at radius 1 is 1.35 bits per heavy atom. The number of amides is 1. The van der Waals surface area contributed by atoms with Crippen LogP contribution < -0.4 is 10.1 Å². The number of hydrogen-bond donors (Lipinski definition) is 1. The van der Waals surface area contributed by atoms with Crippen LogP contribution in [0.15, 0.2) is 23.1 Å². The number of carbonyl (C=O) groups excluding carboxylic acids is 1. The Morgan fingerprint density at radius 2 is 2.00 bits per heavy atom. The van der Waals surface area contributed by atoms with E-state index in [9.17, 15) is 13.2 Å². The van der Waals surface area contributed by atoms with E-state index in [1.165, 1.54) is 33.4 Å². The first-order valence-electron chi connectivity index (χ1n) is 7.11. The zero-order valence-electron chi connectivity index (χ0n) is 14.1. The van der Waals surface area contributed by atoms with Crippen LogP contribution in [0, 0.1) is 6.92 Å². The van der Waals surface area contributed by atoms with Gasteiger partial charge < -0.3 is 14.8 Å². The molecule has 0 aliphatic heterocycles. The van der Waals surface area contributed by atoms with Crippen LogP contribution in [0.5, 0.6) is 5.75 Å². The van der Waals surface area contributed by atoms with Crippen molar-refractivity contribution < 1.29 is 22.7 Å². The summed E-state index contributed by atoms with van der Waals surface area (Å²) in [5.41, 5.74) is 0.708. The second-order valence-electron chi connectivity index (χ2n) is 5.32. The van der Waals surface area contributed by atoms with E-state index in [4.69, 9.17) is 9.47 Å². The molecular formula is C15H24N2O5S. The van der Waals surface area contributed by atoms with Gasteiger partial charge in [-0.05, 0) is 37.6 Å². The monoisotopic (exact) mass is 344 g/mol. The average Bonchev–Trinajstić information content (AvgIpc) is 2.46. The second kappa shape index (κ2) is 8.28. The van der Waals surface area contributed by atoms with Gasteiger partial charge in [0.15, 0.2) is 0 Å². The lowest BCUT2D eigenvalue weighted by Gasteiger charge is -2.19. The van der Waals surface area contributed by atoms with E-state index in [1.54, 1.807) is 19.9 Å². The molecular weight excluding hydrogens is 320 g/mol. The quantitative estimate of drug-likeness (QED) is 0.753. The smallest absolute Gasteiger partial charge is 0.243 e. The molecule has 0 aliphatic carbocycles. The van der Waals surface area contributed by atoms with Crippen LogP contribution >= 0.6 is 0 Å². The number of methoxy groups -OCH3 is 2. The maximum absolute atomic E-state index is 12.5. The Labute approximate surface area is 137 Å². The van der Waals surface area contributed by atoms with E-state index in [0.29, 0.717) is 17.9 Å². The van der Waals surface area contributed by atoms with Crippen LogP contribution in [0.25, 0.3) is 0 Å². The van der Waals surface area contributed by atoms with Crippen molar-refractivity contribution in [3.05, 3.63) is 23.8 Å². The first-order valence-corrected chi connectivity index (χ1v) is 8.55. The lowest BCUT2D eigenvalue weighted by atomic mass is 10.2. The number of nitrogens with zero attached hydrogens (tertiary/aromatic N) is 1. The fourth-order valence-electron chi connectivity index (χ4n) is 2.09. The molecule has 1 aromatic rings. The van der Waals surface area contributed by atoms with Crippen LogP contribution in [0.3, 0.4) is 0 Å². The number of carbonyl (C=O) groups is 1.